The summed E-state index contributed by atoms with van der Waals surface area (Å²) in [7, 11) is 1.58. The Balaban J connectivity index is 1.96. The van der Waals surface area contributed by atoms with Gasteiger partial charge in [0, 0.05) is 17.0 Å². The Hall–Kier alpha value is -3.86. The summed E-state index contributed by atoms with van der Waals surface area (Å²) < 4.78 is 6.49. The standard InChI is InChI=1S/C25H22N2O3/c1-16-7-6-10-23(17(16)2)26-15-22-20-8-4-5-9-21(20)24(28)27(25(22)29)18-11-13-19(30-3)14-12-18/h4-15,29H,1-3H3. The molecule has 1 aromatic heterocycles. The summed E-state index contributed by atoms with van der Waals surface area (Å²) >= 11 is 0. The zero-order valence-corrected chi connectivity index (χ0v) is 17.1. The number of hydrogen-bond donors (Lipinski definition) is 1. The summed E-state index contributed by atoms with van der Waals surface area (Å²) in [5.74, 6) is 0.515. The topological polar surface area (TPSA) is 63.8 Å². The molecule has 0 aliphatic carbocycles. The van der Waals surface area contributed by atoms with E-state index in [0.29, 0.717) is 27.8 Å². The van der Waals surface area contributed by atoms with Crippen molar-refractivity contribution in [3.63, 3.8) is 0 Å². The van der Waals surface area contributed by atoms with Crippen LogP contribution in [0.1, 0.15) is 16.7 Å². The molecule has 150 valence electrons. The van der Waals surface area contributed by atoms with E-state index < -0.39 is 0 Å². The lowest BCUT2D eigenvalue weighted by atomic mass is 10.1. The van der Waals surface area contributed by atoms with Crippen molar-refractivity contribution in [1.82, 2.24) is 4.57 Å². The van der Waals surface area contributed by atoms with Gasteiger partial charge in [-0.3, -0.25) is 9.79 Å². The SMILES string of the molecule is COc1ccc(-n2c(O)c(C=Nc3cccc(C)c3C)c3ccccc3c2=O)cc1. The van der Waals surface area contributed by atoms with Gasteiger partial charge in [-0.1, -0.05) is 30.3 Å². The first-order chi connectivity index (χ1) is 14.5. The molecule has 0 bridgehead atoms. The first kappa shape index (κ1) is 19.5. The van der Waals surface area contributed by atoms with Gasteiger partial charge in [-0.25, -0.2) is 4.57 Å². The smallest absolute Gasteiger partial charge is 0.265 e. The van der Waals surface area contributed by atoms with E-state index in [1.54, 1.807) is 43.7 Å². The number of fused-ring (bicyclic) bond motifs is 1. The lowest BCUT2D eigenvalue weighted by molar-refractivity contribution is 0.414. The van der Waals surface area contributed by atoms with Crippen molar-refractivity contribution in [1.29, 1.82) is 0 Å². The van der Waals surface area contributed by atoms with E-state index in [9.17, 15) is 9.90 Å². The van der Waals surface area contributed by atoms with E-state index in [1.807, 2.05) is 50.2 Å². The van der Waals surface area contributed by atoms with Crippen LogP contribution in [-0.2, 0) is 0 Å². The van der Waals surface area contributed by atoms with E-state index in [-0.39, 0.29) is 11.4 Å². The van der Waals surface area contributed by atoms with E-state index in [2.05, 4.69) is 4.99 Å². The van der Waals surface area contributed by atoms with Crippen molar-refractivity contribution in [3.8, 4) is 17.3 Å². The van der Waals surface area contributed by atoms with Gasteiger partial charge in [-0.15, -0.1) is 0 Å². The average Bonchev–Trinajstić information content (AvgIpc) is 2.77. The number of benzene rings is 3. The number of ether oxygens (including phenoxy) is 1. The van der Waals surface area contributed by atoms with Gasteiger partial charge in [0.25, 0.3) is 5.56 Å². The monoisotopic (exact) mass is 398 g/mol. The summed E-state index contributed by atoms with van der Waals surface area (Å²) in [6.07, 6.45) is 1.62. The molecule has 0 spiro atoms. The van der Waals surface area contributed by atoms with Crippen molar-refractivity contribution >= 4 is 22.7 Å². The van der Waals surface area contributed by atoms with E-state index in [0.717, 1.165) is 16.8 Å². The average molecular weight is 398 g/mol. The van der Waals surface area contributed by atoms with Crippen LogP contribution in [0.2, 0.25) is 0 Å². The van der Waals surface area contributed by atoms with E-state index >= 15 is 0 Å². The van der Waals surface area contributed by atoms with Crippen LogP contribution in [0, 0.1) is 13.8 Å². The Bertz CT molecular complexity index is 1320. The molecule has 0 radical (unpaired) electrons. The maximum atomic E-state index is 13.2. The normalized spacial score (nSPS) is 11.3. The second-order valence-electron chi connectivity index (χ2n) is 7.10. The van der Waals surface area contributed by atoms with E-state index in [4.69, 9.17) is 4.74 Å². The maximum Gasteiger partial charge on any atom is 0.265 e. The minimum atomic E-state index is -0.294. The van der Waals surface area contributed by atoms with Gasteiger partial charge in [-0.05, 0) is 61.4 Å². The van der Waals surface area contributed by atoms with Gasteiger partial charge in [0.1, 0.15) is 5.75 Å². The van der Waals surface area contributed by atoms with Crippen LogP contribution in [0.5, 0.6) is 11.6 Å². The molecule has 4 rings (SSSR count). The Morgan fingerprint density at radius 1 is 0.933 bits per heavy atom. The molecule has 0 saturated carbocycles. The number of aromatic hydroxyl groups is 1. The molecule has 1 heterocycles. The van der Waals surface area contributed by atoms with Crippen molar-refractivity contribution < 1.29 is 9.84 Å². The molecule has 0 amide bonds. The number of aliphatic imine (C=N–C) groups is 1. The number of nitrogens with zero attached hydrogens (tertiary/aromatic N) is 2. The minimum absolute atomic E-state index is 0.155. The lowest BCUT2D eigenvalue weighted by Gasteiger charge is -2.14. The highest BCUT2D eigenvalue weighted by atomic mass is 16.5. The second kappa shape index (κ2) is 7.87. The van der Waals surface area contributed by atoms with Crippen molar-refractivity contribution in [3.05, 3.63) is 93.8 Å². The lowest BCUT2D eigenvalue weighted by Crippen LogP contribution is -2.20. The number of methoxy groups -OCH3 is 1. The largest absolute Gasteiger partial charge is 0.497 e. The third-order valence-corrected chi connectivity index (χ3v) is 5.34. The first-order valence-corrected chi connectivity index (χ1v) is 9.62. The number of rotatable bonds is 4. The predicted octanol–water partition coefficient (Wildman–Crippen LogP) is 5.07. The molecular weight excluding hydrogens is 376 g/mol. The molecule has 0 aliphatic rings. The van der Waals surface area contributed by atoms with Gasteiger partial charge < -0.3 is 9.84 Å². The molecule has 0 saturated heterocycles. The van der Waals surface area contributed by atoms with Crippen LogP contribution < -0.4 is 10.3 Å². The van der Waals surface area contributed by atoms with Crippen LogP contribution in [0.4, 0.5) is 5.69 Å². The van der Waals surface area contributed by atoms with Gasteiger partial charge in [0.2, 0.25) is 5.88 Å². The molecule has 30 heavy (non-hydrogen) atoms. The van der Waals surface area contributed by atoms with Crippen LogP contribution in [0.25, 0.3) is 16.5 Å². The van der Waals surface area contributed by atoms with Gasteiger partial charge in [0.05, 0.1) is 24.0 Å². The molecule has 0 atom stereocenters. The second-order valence-corrected chi connectivity index (χ2v) is 7.10. The highest BCUT2D eigenvalue weighted by Crippen LogP contribution is 2.28. The Morgan fingerprint density at radius 2 is 1.63 bits per heavy atom. The first-order valence-electron chi connectivity index (χ1n) is 9.62. The maximum absolute atomic E-state index is 13.2. The number of pyridine rings is 1. The third kappa shape index (κ3) is 3.35. The fourth-order valence-electron chi connectivity index (χ4n) is 3.47. The van der Waals surface area contributed by atoms with Crippen molar-refractivity contribution in [2.24, 2.45) is 4.99 Å². The summed E-state index contributed by atoms with van der Waals surface area (Å²) in [5, 5.41) is 12.2. The van der Waals surface area contributed by atoms with Crippen LogP contribution in [0.15, 0.2) is 76.5 Å². The quantitative estimate of drug-likeness (QED) is 0.488. The molecule has 3 aromatic carbocycles. The molecule has 5 nitrogen and oxygen atoms in total. The molecule has 0 unspecified atom stereocenters. The minimum Gasteiger partial charge on any atom is -0.497 e. The number of aryl methyl sites for hydroxylation is 1. The molecule has 1 N–H and O–H groups in total. The van der Waals surface area contributed by atoms with Crippen LogP contribution in [0.3, 0.4) is 0 Å². The van der Waals surface area contributed by atoms with Gasteiger partial charge in [0.15, 0.2) is 0 Å². The van der Waals surface area contributed by atoms with Crippen molar-refractivity contribution in [2.45, 2.75) is 13.8 Å². The molecule has 5 heteroatoms. The highest BCUT2D eigenvalue weighted by molar-refractivity contribution is 6.02. The van der Waals surface area contributed by atoms with E-state index in [1.165, 1.54) is 4.57 Å². The van der Waals surface area contributed by atoms with Crippen LogP contribution in [-0.4, -0.2) is 23.0 Å². The highest BCUT2D eigenvalue weighted by Gasteiger charge is 2.16. The number of aromatic nitrogens is 1. The summed E-state index contributed by atoms with van der Waals surface area (Å²) in [5.41, 5.74) is 3.77. The number of hydrogen-bond acceptors (Lipinski definition) is 4. The van der Waals surface area contributed by atoms with Crippen molar-refractivity contribution in [2.75, 3.05) is 7.11 Å². The Labute approximate surface area is 174 Å². The molecular formula is C25H22N2O3. The summed E-state index contributed by atoms with van der Waals surface area (Å²) in [6, 6.07) is 20.1. The van der Waals surface area contributed by atoms with Gasteiger partial charge >= 0.3 is 0 Å². The fraction of sp³-hybridized carbons (Fsp3) is 0.120. The zero-order valence-electron chi connectivity index (χ0n) is 17.1. The molecule has 0 aliphatic heterocycles. The predicted molar refractivity (Wildman–Crippen MR) is 121 cm³/mol. The summed E-state index contributed by atoms with van der Waals surface area (Å²) in [4.78, 5) is 17.8. The van der Waals surface area contributed by atoms with Gasteiger partial charge in [-0.2, -0.15) is 0 Å². The summed E-state index contributed by atoms with van der Waals surface area (Å²) in [6.45, 7) is 4.04. The Kier molecular flexibility index (Phi) is 5.11. The Morgan fingerprint density at radius 3 is 2.33 bits per heavy atom. The van der Waals surface area contributed by atoms with Crippen LogP contribution >= 0.6 is 0 Å². The zero-order chi connectivity index (χ0) is 21.3. The third-order valence-electron chi connectivity index (χ3n) is 5.34. The molecule has 0 fully saturated rings. The molecule has 4 aromatic rings. The fourth-order valence-corrected chi connectivity index (χ4v) is 3.47.